The average Bonchev–Trinajstić information content (AvgIpc) is 2.30. The summed E-state index contributed by atoms with van der Waals surface area (Å²) in [5.74, 6) is 1.92. The molecule has 12 heavy (non-hydrogen) atoms. The van der Waals surface area contributed by atoms with Gasteiger partial charge < -0.3 is 14.3 Å². The summed E-state index contributed by atoms with van der Waals surface area (Å²) in [6, 6.07) is 0. The Bertz CT molecular complexity index is 145. The lowest BCUT2D eigenvalue weighted by molar-refractivity contribution is 0.192. The molecule has 1 rings (SSSR count). The van der Waals surface area contributed by atoms with Crippen molar-refractivity contribution < 1.29 is 14.3 Å². The zero-order valence-electron chi connectivity index (χ0n) is 7.60. The third-order valence-corrected chi connectivity index (χ3v) is 3.42. The number of rotatable bonds is 3. The van der Waals surface area contributed by atoms with E-state index in [2.05, 4.69) is 14.8 Å². The summed E-state index contributed by atoms with van der Waals surface area (Å²) in [4.78, 5) is 17.1. The topological polar surface area (TPSA) is 49.7 Å². The molecule has 0 spiro atoms. The van der Waals surface area contributed by atoms with E-state index < -0.39 is 8.60 Å². The fourth-order valence-corrected chi connectivity index (χ4v) is 2.19. The second-order valence-corrected chi connectivity index (χ2v) is 4.49. The Hall–Kier alpha value is 0.375. The summed E-state index contributed by atoms with van der Waals surface area (Å²) >= 11 is 0. The summed E-state index contributed by atoms with van der Waals surface area (Å²) in [5, 5.41) is 0. The molecule has 0 bridgehead atoms. The van der Waals surface area contributed by atoms with Gasteiger partial charge in [0.15, 0.2) is 0 Å². The van der Waals surface area contributed by atoms with Gasteiger partial charge in [0, 0.05) is 0 Å². The molecule has 0 aromatic carbocycles. The summed E-state index contributed by atoms with van der Waals surface area (Å²) in [6.07, 6.45) is 2.40. The standard InChI is InChI=1S/C7H16BO3P/c1-5-6(2-3-7(5)8)4-11-12(9)10/h5-7,9-10H,2-4,8H2,1H3. The lowest BCUT2D eigenvalue weighted by Gasteiger charge is -2.17. The van der Waals surface area contributed by atoms with Crippen LogP contribution in [0.25, 0.3) is 0 Å². The summed E-state index contributed by atoms with van der Waals surface area (Å²) in [5.41, 5.74) is 0. The van der Waals surface area contributed by atoms with Crippen molar-refractivity contribution in [2.24, 2.45) is 11.8 Å². The molecule has 3 atom stereocenters. The number of hydrogen-bond donors (Lipinski definition) is 2. The predicted molar refractivity (Wildman–Crippen MR) is 51.5 cm³/mol. The first-order chi connectivity index (χ1) is 5.61. The highest BCUT2D eigenvalue weighted by atomic mass is 31.2. The van der Waals surface area contributed by atoms with Gasteiger partial charge in [0.05, 0.1) is 6.61 Å². The van der Waals surface area contributed by atoms with E-state index in [1.807, 2.05) is 0 Å². The van der Waals surface area contributed by atoms with E-state index >= 15 is 0 Å². The Kier molecular flexibility index (Phi) is 3.98. The minimum Gasteiger partial charge on any atom is -0.328 e. The smallest absolute Gasteiger partial charge is 0.327 e. The maximum absolute atomic E-state index is 8.56. The molecule has 3 unspecified atom stereocenters. The quantitative estimate of drug-likeness (QED) is 0.508. The van der Waals surface area contributed by atoms with Crippen LogP contribution in [0.2, 0.25) is 5.82 Å². The second-order valence-electron chi connectivity index (χ2n) is 3.72. The molecule has 1 aliphatic rings. The maximum atomic E-state index is 8.56. The third kappa shape index (κ3) is 2.70. The third-order valence-electron chi connectivity index (χ3n) is 3.04. The molecule has 70 valence electrons. The van der Waals surface area contributed by atoms with E-state index in [-0.39, 0.29) is 0 Å². The van der Waals surface area contributed by atoms with Crippen LogP contribution in [-0.2, 0) is 4.52 Å². The van der Waals surface area contributed by atoms with Gasteiger partial charge in [-0.3, -0.25) is 0 Å². The first-order valence-electron chi connectivity index (χ1n) is 4.42. The predicted octanol–water partition coefficient (Wildman–Crippen LogP) is 0.682. The van der Waals surface area contributed by atoms with Crippen LogP contribution in [0.5, 0.6) is 0 Å². The van der Waals surface area contributed by atoms with E-state index in [0.29, 0.717) is 18.4 Å². The Morgan fingerprint density at radius 1 is 1.50 bits per heavy atom. The Morgan fingerprint density at radius 2 is 2.17 bits per heavy atom. The molecule has 3 nitrogen and oxygen atoms in total. The second kappa shape index (κ2) is 4.57. The van der Waals surface area contributed by atoms with Crippen molar-refractivity contribution in [3.63, 3.8) is 0 Å². The van der Waals surface area contributed by atoms with Gasteiger partial charge in [-0.2, -0.15) is 0 Å². The molecule has 0 aromatic heterocycles. The van der Waals surface area contributed by atoms with Crippen LogP contribution in [0.3, 0.4) is 0 Å². The maximum Gasteiger partial charge on any atom is 0.327 e. The Labute approximate surface area is 75.5 Å². The van der Waals surface area contributed by atoms with Crippen molar-refractivity contribution in [3.8, 4) is 0 Å². The molecule has 5 heteroatoms. The van der Waals surface area contributed by atoms with Crippen LogP contribution in [-0.4, -0.2) is 24.2 Å². The monoisotopic (exact) mass is 190 g/mol. The molecule has 2 N–H and O–H groups in total. The first-order valence-corrected chi connectivity index (χ1v) is 5.58. The van der Waals surface area contributed by atoms with Crippen LogP contribution in [0.15, 0.2) is 0 Å². The zero-order valence-corrected chi connectivity index (χ0v) is 8.50. The molecule has 0 radical (unpaired) electrons. The van der Waals surface area contributed by atoms with Crippen LogP contribution in [0.4, 0.5) is 0 Å². The molecule has 1 saturated carbocycles. The van der Waals surface area contributed by atoms with Crippen LogP contribution < -0.4 is 0 Å². The molecule has 1 aliphatic carbocycles. The molecular weight excluding hydrogens is 174 g/mol. The van der Waals surface area contributed by atoms with Gasteiger partial charge >= 0.3 is 8.60 Å². The minimum atomic E-state index is -2.15. The SMILES string of the molecule is BC1CCC(COP(O)O)C1C. The van der Waals surface area contributed by atoms with Crippen molar-refractivity contribution >= 4 is 16.4 Å². The van der Waals surface area contributed by atoms with E-state index in [1.54, 1.807) is 0 Å². The highest BCUT2D eigenvalue weighted by Crippen LogP contribution is 2.40. The normalized spacial score (nSPS) is 36.2. The van der Waals surface area contributed by atoms with E-state index in [4.69, 9.17) is 14.3 Å². The summed E-state index contributed by atoms with van der Waals surface area (Å²) in [7, 11) is 0.0915. The van der Waals surface area contributed by atoms with Gasteiger partial charge in [-0.25, -0.2) is 0 Å². The van der Waals surface area contributed by atoms with Gasteiger partial charge in [-0.05, 0) is 18.3 Å². The Balaban J connectivity index is 2.24. The van der Waals surface area contributed by atoms with E-state index in [9.17, 15) is 0 Å². The fraction of sp³-hybridized carbons (Fsp3) is 1.00. The van der Waals surface area contributed by atoms with Gasteiger partial charge in [0.2, 0.25) is 0 Å². The van der Waals surface area contributed by atoms with Crippen molar-refractivity contribution in [2.45, 2.75) is 25.6 Å². The zero-order chi connectivity index (χ0) is 9.14. The van der Waals surface area contributed by atoms with Crippen LogP contribution in [0.1, 0.15) is 19.8 Å². The lowest BCUT2D eigenvalue weighted by Crippen LogP contribution is -2.12. The van der Waals surface area contributed by atoms with Crippen molar-refractivity contribution in [1.29, 1.82) is 0 Å². The van der Waals surface area contributed by atoms with Crippen molar-refractivity contribution in [1.82, 2.24) is 0 Å². The lowest BCUT2D eigenvalue weighted by atomic mass is 9.78. The molecule has 0 saturated heterocycles. The summed E-state index contributed by atoms with van der Waals surface area (Å²) < 4.78 is 4.82. The molecule has 0 amide bonds. The van der Waals surface area contributed by atoms with Crippen molar-refractivity contribution in [3.05, 3.63) is 0 Å². The Morgan fingerprint density at radius 3 is 2.58 bits per heavy atom. The largest absolute Gasteiger partial charge is 0.328 e. The van der Waals surface area contributed by atoms with Crippen LogP contribution >= 0.6 is 8.60 Å². The van der Waals surface area contributed by atoms with E-state index in [0.717, 1.165) is 12.2 Å². The number of hydrogen-bond acceptors (Lipinski definition) is 3. The molecule has 0 aromatic rings. The summed E-state index contributed by atoms with van der Waals surface area (Å²) in [6.45, 7) is 2.72. The highest BCUT2D eigenvalue weighted by Gasteiger charge is 2.29. The van der Waals surface area contributed by atoms with E-state index in [1.165, 1.54) is 6.42 Å². The van der Waals surface area contributed by atoms with Crippen molar-refractivity contribution in [2.75, 3.05) is 6.61 Å². The molecule has 0 aliphatic heterocycles. The van der Waals surface area contributed by atoms with Crippen LogP contribution in [0, 0.1) is 11.8 Å². The van der Waals surface area contributed by atoms with Gasteiger partial charge in [-0.15, -0.1) is 0 Å². The average molecular weight is 190 g/mol. The molecule has 1 fully saturated rings. The minimum absolute atomic E-state index is 0.504. The first kappa shape index (κ1) is 10.5. The fourth-order valence-electron chi connectivity index (χ4n) is 1.86. The van der Waals surface area contributed by atoms with Gasteiger partial charge in [-0.1, -0.05) is 19.2 Å². The molecule has 0 heterocycles. The highest BCUT2D eigenvalue weighted by molar-refractivity contribution is 7.39. The van der Waals surface area contributed by atoms with Gasteiger partial charge in [0.25, 0.3) is 0 Å². The molecular formula is C7H16BO3P. The van der Waals surface area contributed by atoms with Gasteiger partial charge in [0.1, 0.15) is 7.85 Å².